The Kier molecular flexibility index (Phi) is 6.62. The van der Waals surface area contributed by atoms with E-state index in [0.717, 1.165) is 0 Å². The number of hydrogen-bond acceptors (Lipinski definition) is 6. The van der Waals surface area contributed by atoms with Crippen LogP contribution in [0.2, 0.25) is 10.0 Å². The molecule has 1 heterocycles. The van der Waals surface area contributed by atoms with E-state index in [1.807, 2.05) is 0 Å². The average Bonchev–Trinajstić information content (AvgIpc) is 2.62. The summed E-state index contributed by atoms with van der Waals surface area (Å²) in [5, 5.41) is 9.86. The minimum atomic E-state index is -1.43. The van der Waals surface area contributed by atoms with Gasteiger partial charge in [-0.1, -0.05) is 35.3 Å². The first-order valence-electron chi connectivity index (χ1n) is 7.96. The number of methoxy groups -OCH3 is 1. The summed E-state index contributed by atoms with van der Waals surface area (Å²) in [4.78, 5) is 40.8. The van der Waals surface area contributed by atoms with Gasteiger partial charge in [-0.3, -0.25) is 4.79 Å². The molecule has 1 N–H and O–H groups in total. The zero-order chi connectivity index (χ0) is 20.3. The summed E-state index contributed by atoms with van der Waals surface area (Å²) in [5.74, 6) is -5.16. The number of carbonyl (C=O) groups is 3. The quantitative estimate of drug-likeness (QED) is 0.743. The topological polar surface area (TPSA) is 102 Å². The molecule has 1 aromatic rings. The van der Waals surface area contributed by atoms with Gasteiger partial charge in [0.15, 0.2) is 5.70 Å². The fraction of sp³-hybridized carbons (Fsp3) is 0.333. The number of carbonyl (C=O) groups excluding carboxylic acids is 2. The number of carboxylic acids is 1. The van der Waals surface area contributed by atoms with Crippen LogP contribution in [0.25, 0.3) is 0 Å². The summed E-state index contributed by atoms with van der Waals surface area (Å²) in [7, 11) is 1.19. The van der Waals surface area contributed by atoms with Gasteiger partial charge in [0.1, 0.15) is 5.92 Å². The molecule has 0 aliphatic carbocycles. The maximum Gasteiger partial charge on any atom is 0.355 e. The monoisotopic (exact) mass is 413 g/mol. The third-order valence-electron chi connectivity index (χ3n) is 4.11. The van der Waals surface area contributed by atoms with Crippen molar-refractivity contribution in [3.05, 3.63) is 45.1 Å². The van der Waals surface area contributed by atoms with Crippen molar-refractivity contribution in [3.8, 4) is 0 Å². The van der Waals surface area contributed by atoms with Crippen molar-refractivity contribution in [2.45, 2.75) is 19.8 Å². The number of aliphatic imine (C=N–C) groups is 1. The van der Waals surface area contributed by atoms with Gasteiger partial charge in [-0.15, -0.1) is 0 Å². The summed E-state index contributed by atoms with van der Waals surface area (Å²) in [6, 6.07) is 4.68. The van der Waals surface area contributed by atoms with Crippen molar-refractivity contribution in [2.75, 3.05) is 13.7 Å². The predicted molar refractivity (Wildman–Crippen MR) is 99.1 cm³/mol. The zero-order valence-corrected chi connectivity index (χ0v) is 16.3. The lowest BCUT2D eigenvalue weighted by molar-refractivity contribution is -0.144. The van der Waals surface area contributed by atoms with Crippen molar-refractivity contribution in [1.29, 1.82) is 0 Å². The molecule has 0 bridgehead atoms. The summed E-state index contributed by atoms with van der Waals surface area (Å²) in [6.07, 6.45) is 0. The molecular formula is C18H17Cl2NO6. The molecule has 2 atom stereocenters. The number of nitrogens with zero attached hydrogens (tertiary/aromatic N) is 1. The zero-order valence-electron chi connectivity index (χ0n) is 14.8. The first kappa shape index (κ1) is 20.9. The minimum absolute atomic E-state index is 0.0107. The molecule has 1 aromatic carbocycles. The molecule has 0 aromatic heterocycles. The molecule has 2 unspecified atom stereocenters. The van der Waals surface area contributed by atoms with Gasteiger partial charge < -0.3 is 14.6 Å². The lowest BCUT2D eigenvalue weighted by atomic mass is 9.75. The molecule has 7 nitrogen and oxygen atoms in total. The number of halogens is 2. The highest BCUT2D eigenvalue weighted by molar-refractivity contribution is 6.42. The van der Waals surface area contributed by atoms with Gasteiger partial charge in [-0.05, 0) is 25.5 Å². The largest absolute Gasteiger partial charge is 0.476 e. The molecule has 0 saturated heterocycles. The van der Waals surface area contributed by atoms with Crippen molar-refractivity contribution in [1.82, 2.24) is 0 Å². The second-order valence-electron chi connectivity index (χ2n) is 5.66. The van der Waals surface area contributed by atoms with E-state index in [2.05, 4.69) is 4.99 Å². The second-order valence-corrected chi connectivity index (χ2v) is 6.45. The van der Waals surface area contributed by atoms with E-state index in [-0.39, 0.29) is 27.9 Å². The van der Waals surface area contributed by atoms with Gasteiger partial charge in [0, 0.05) is 11.6 Å². The highest BCUT2D eigenvalue weighted by Gasteiger charge is 2.45. The maximum absolute atomic E-state index is 12.6. The number of hydrogen-bond donors (Lipinski definition) is 1. The number of carboxylic acid groups (broad SMARTS) is 1. The molecule has 9 heteroatoms. The first-order chi connectivity index (χ1) is 12.7. The highest BCUT2D eigenvalue weighted by Crippen LogP contribution is 2.44. The number of rotatable bonds is 5. The number of esters is 2. The SMILES string of the molecule is CCOC(=O)C1=C(C(=O)O)N=C(C)C(C(=O)OC)C1c1cccc(Cl)c1Cl. The Morgan fingerprint density at radius 1 is 1.26 bits per heavy atom. The molecule has 0 saturated carbocycles. The third kappa shape index (κ3) is 3.99. The predicted octanol–water partition coefficient (Wildman–Crippen LogP) is 3.24. The molecule has 0 amide bonds. The summed E-state index contributed by atoms with van der Waals surface area (Å²) in [6.45, 7) is 3.07. The summed E-state index contributed by atoms with van der Waals surface area (Å²) < 4.78 is 9.87. The van der Waals surface area contributed by atoms with E-state index in [9.17, 15) is 19.5 Å². The van der Waals surface area contributed by atoms with Crippen LogP contribution in [0.5, 0.6) is 0 Å². The van der Waals surface area contributed by atoms with Crippen LogP contribution in [0.3, 0.4) is 0 Å². The second kappa shape index (κ2) is 8.54. The third-order valence-corrected chi connectivity index (χ3v) is 4.94. The smallest absolute Gasteiger partial charge is 0.355 e. The van der Waals surface area contributed by atoms with Crippen LogP contribution < -0.4 is 0 Å². The molecule has 27 heavy (non-hydrogen) atoms. The lowest BCUT2D eigenvalue weighted by Gasteiger charge is -2.31. The van der Waals surface area contributed by atoms with Crippen LogP contribution in [0, 0.1) is 5.92 Å². The van der Waals surface area contributed by atoms with Crippen LogP contribution in [0.15, 0.2) is 34.5 Å². The van der Waals surface area contributed by atoms with Gasteiger partial charge in [0.25, 0.3) is 0 Å². The van der Waals surface area contributed by atoms with E-state index < -0.39 is 35.4 Å². The van der Waals surface area contributed by atoms with Gasteiger partial charge in [-0.2, -0.15) is 0 Å². The van der Waals surface area contributed by atoms with Crippen LogP contribution in [-0.2, 0) is 23.9 Å². The Labute approximate surface area is 165 Å². The van der Waals surface area contributed by atoms with Crippen molar-refractivity contribution in [2.24, 2.45) is 10.9 Å². The van der Waals surface area contributed by atoms with Gasteiger partial charge in [0.2, 0.25) is 0 Å². The number of ether oxygens (including phenoxy) is 2. The fourth-order valence-corrected chi connectivity index (χ4v) is 3.41. The molecule has 144 valence electrons. The van der Waals surface area contributed by atoms with Gasteiger partial charge in [-0.25, -0.2) is 14.6 Å². The van der Waals surface area contributed by atoms with E-state index in [1.54, 1.807) is 19.1 Å². The molecule has 1 aliphatic rings. The summed E-state index contributed by atoms with van der Waals surface area (Å²) >= 11 is 12.4. The van der Waals surface area contributed by atoms with Crippen LogP contribution in [0.1, 0.15) is 25.3 Å². The Morgan fingerprint density at radius 2 is 1.93 bits per heavy atom. The Hall–Kier alpha value is -2.38. The standard InChI is InChI=1S/C18H17Cl2NO6/c1-4-27-18(25)13-12(9-6-5-7-10(19)14(9)20)11(17(24)26-3)8(2)21-15(13)16(22)23/h5-7,11-12H,4H2,1-3H3,(H,22,23). The van der Waals surface area contributed by atoms with E-state index >= 15 is 0 Å². The molecule has 1 aliphatic heterocycles. The lowest BCUT2D eigenvalue weighted by Crippen LogP contribution is -2.37. The summed E-state index contributed by atoms with van der Waals surface area (Å²) in [5.41, 5.74) is -0.314. The average molecular weight is 414 g/mol. The van der Waals surface area contributed by atoms with Crippen molar-refractivity contribution >= 4 is 46.8 Å². The normalized spacial score (nSPS) is 19.4. The molecule has 0 radical (unpaired) electrons. The van der Waals surface area contributed by atoms with E-state index in [4.69, 9.17) is 32.7 Å². The fourth-order valence-electron chi connectivity index (χ4n) is 2.99. The first-order valence-corrected chi connectivity index (χ1v) is 8.71. The minimum Gasteiger partial charge on any atom is -0.476 e. The molecule has 2 rings (SSSR count). The van der Waals surface area contributed by atoms with Gasteiger partial charge in [0.05, 0.1) is 29.3 Å². The van der Waals surface area contributed by atoms with Crippen molar-refractivity contribution in [3.63, 3.8) is 0 Å². The van der Waals surface area contributed by atoms with Crippen molar-refractivity contribution < 1.29 is 29.0 Å². The maximum atomic E-state index is 12.6. The van der Waals surface area contributed by atoms with Crippen LogP contribution >= 0.6 is 23.2 Å². The Bertz CT molecular complexity index is 861. The Balaban J connectivity index is 2.85. The molecular weight excluding hydrogens is 397 g/mol. The number of benzene rings is 1. The van der Waals surface area contributed by atoms with Crippen LogP contribution in [0.4, 0.5) is 0 Å². The van der Waals surface area contributed by atoms with Gasteiger partial charge >= 0.3 is 17.9 Å². The molecule has 0 fully saturated rings. The van der Waals surface area contributed by atoms with E-state index in [0.29, 0.717) is 5.56 Å². The highest BCUT2D eigenvalue weighted by atomic mass is 35.5. The van der Waals surface area contributed by atoms with Crippen LogP contribution in [-0.4, -0.2) is 42.4 Å². The Morgan fingerprint density at radius 3 is 2.48 bits per heavy atom. The van der Waals surface area contributed by atoms with E-state index in [1.165, 1.54) is 20.1 Å². The number of aliphatic carboxylic acids is 1. The molecule has 0 spiro atoms.